The Morgan fingerprint density at radius 2 is 2.37 bits per heavy atom. The molecular weight excluding hydrogens is 264 g/mol. The highest BCUT2D eigenvalue weighted by Crippen LogP contribution is 2.36. The predicted octanol–water partition coefficient (Wildman–Crippen LogP) is 2.16. The molecule has 0 bridgehead atoms. The molecule has 1 aliphatic heterocycles. The van der Waals surface area contributed by atoms with Crippen LogP contribution in [0, 0.1) is 0 Å². The Morgan fingerprint density at radius 3 is 3.16 bits per heavy atom. The first-order chi connectivity index (χ1) is 9.27. The normalized spacial score (nSPS) is 18.8. The fourth-order valence-corrected chi connectivity index (χ4v) is 2.73. The molecule has 19 heavy (non-hydrogen) atoms. The number of rotatable bonds is 2. The van der Waals surface area contributed by atoms with Crippen LogP contribution in [-0.2, 0) is 0 Å². The number of aromatic nitrogens is 3. The summed E-state index contributed by atoms with van der Waals surface area (Å²) in [6.45, 7) is 0.843. The van der Waals surface area contributed by atoms with Gasteiger partial charge in [-0.1, -0.05) is 17.7 Å². The summed E-state index contributed by atoms with van der Waals surface area (Å²) < 4.78 is 0. The van der Waals surface area contributed by atoms with Crippen molar-refractivity contribution in [3.63, 3.8) is 0 Å². The molecule has 3 rings (SSSR count). The van der Waals surface area contributed by atoms with E-state index < -0.39 is 0 Å². The Labute approximate surface area is 115 Å². The second-order valence-corrected chi connectivity index (χ2v) is 4.88. The van der Waals surface area contributed by atoms with Gasteiger partial charge in [-0.3, -0.25) is 9.78 Å². The molecule has 1 aliphatic rings. The number of anilines is 1. The zero-order valence-electron chi connectivity index (χ0n) is 10.2. The Balaban J connectivity index is 2.00. The molecule has 2 aromatic heterocycles. The van der Waals surface area contributed by atoms with Gasteiger partial charge in [0.1, 0.15) is 5.02 Å². The monoisotopic (exact) mass is 276 g/mol. The van der Waals surface area contributed by atoms with Gasteiger partial charge in [0.2, 0.25) is 0 Å². The van der Waals surface area contributed by atoms with E-state index in [4.69, 9.17) is 11.6 Å². The first-order valence-electron chi connectivity index (χ1n) is 6.17. The quantitative estimate of drug-likeness (QED) is 0.913. The number of nitrogens with zero attached hydrogens (tertiary/aromatic N) is 3. The van der Waals surface area contributed by atoms with Crippen LogP contribution in [0.5, 0.6) is 0 Å². The van der Waals surface area contributed by atoms with Crippen LogP contribution in [0.2, 0.25) is 5.02 Å². The van der Waals surface area contributed by atoms with Crippen LogP contribution >= 0.6 is 11.6 Å². The minimum absolute atomic E-state index is 0.151. The number of hydrogen-bond acceptors (Lipinski definition) is 4. The summed E-state index contributed by atoms with van der Waals surface area (Å²) in [5.41, 5.74) is 0.821. The average molecular weight is 277 g/mol. The zero-order chi connectivity index (χ0) is 13.2. The molecule has 1 saturated heterocycles. The van der Waals surface area contributed by atoms with Crippen LogP contribution in [0.25, 0.3) is 0 Å². The summed E-state index contributed by atoms with van der Waals surface area (Å²) in [6, 6.07) is 4.14. The first-order valence-corrected chi connectivity index (χ1v) is 6.55. The van der Waals surface area contributed by atoms with Crippen molar-refractivity contribution in [3.05, 3.63) is 51.8 Å². The van der Waals surface area contributed by atoms with E-state index >= 15 is 0 Å². The summed E-state index contributed by atoms with van der Waals surface area (Å²) in [5.74, 6) is 0.553. The standard InChI is InChI=1S/C13H13ClN4O/c14-11-12(16-8-17-13(11)19)18-6-2-4-10(18)9-3-1-5-15-7-9/h1,3,5,7-8,10H,2,4,6H2,(H,16,17,19). The van der Waals surface area contributed by atoms with Gasteiger partial charge in [0, 0.05) is 18.9 Å². The van der Waals surface area contributed by atoms with E-state index in [0.717, 1.165) is 24.9 Å². The van der Waals surface area contributed by atoms with Gasteiger partial charge in [0.15, 0.2) is 5.82 Å². The molecule has 1 N–H and O–H groups in total. The lowest BCUT2D eigenvalue weighted by molar-refractivity contribution is 0.706. The Morgan fingerprint density at radius 1 is 1.47 bits per heavy atom. The summed E-state index contributed by atoms with van der Waals surface area (Å²) in [6.07, 6.45) is 7.05. The average Bonchev–Trinajstić information content (AvgIpc) is 2.92. The van der Waals surface area contributed by atoms with Crippen molar-refractivity contribution in [2.24, 2.45) is 0 Å². The Kier molecular flexibility index (Phi) is 3.21. The van der Waals surface area contributed by atoms with Crippen molar-refractivity contribution < 1.29 is 0 Å². The summed E-state index contributed by atoms with van der Waals surface area (Å²) in [5, 5.41) is 0.151. The fraction of sp³-hybridized carbons (Fsp3) is 0.308. The smallest absolute Gasteiger partial charge is 0.271 e. The third kappa shape index (κ3) is 2.21. The third-order valence-corrected chi connectivity index (χ3v) is 3.71. The largest absolute Gasteiger partial charge is 0.348 e. The van der Waals surface area contributed by atoms with Crippen molar-refractivity contribution in [2.45, 2.75) is 18.9 Å². The molecule has 98 valence electrons. The Bertz CT molecular complexity index is 628. The summed E-state index contributed by atoms with van der Waals surface area (Å²) >= 11 is 6.06. The molecule has 1 fully saturated rings. The van der Waals surface area contributed by atoms with Crippen LogP contribution in [0.3, 0.4) is 0 Å². The molecule has 3 heterocycles. The third-order valence-electron chi connectivity index (χ3n) is 3.37. The molecule has 6 heteroatoms. The van der Waals surface area contributed by atoms with E-state index in [1.807, 2.05) is 18.3 Å². The molecule has 5 nitrogen and oxygen atoms in total. The topological polar surface area (TPSA) is 61.9 Å². The number of nitrogens with one attached hydrogen (secondary N) is 1. The van der Waals surface area contributed by atoms with Crippen molar-refractivity contribution >= 4 is 17.4 Å². The van der Waals surface area contributed by atoms with Crippen LogP contribution in [-0.4, -0.2) is 21.5 Å². The van der Waals surface area contributed by atoms with Gasteiger partial charge in [-0.25, -0.2) is 4.98 Å². The van der Waals surface area contributed by atoms with Gasteiger partial charge >= 0.3 is 0 Å². The van der Waals surface area contributed by atoms with Crippen molar-refractivity contribution in [2.75, 3.05) is 11.4 Å². The van der Waals surface area contributed by atoms with E-state index in [1.165, 1.54) is 6.33 Å². The van der Waals surface area contributed by atoms with Gasteiger partial charge < -0.3 is 9.88 Å². The molecule has 0 amide bonds. The minimum Gasteiger partial charge on any atom is -0.348 e. The molecule has 0 aliphatic carbocycles. The van der Waals surface area contributed by atoms with E-state index in [-0.39, 0.29) is 16.6 Å². The van der Waals surface area contributed by atoms with Gasteiger partial charge in [0.25, 0.3) is 5.56 Å². The van der Waals surface area contributed by atoms with Crippen molar-refractivity contribution in [1.82, 2.24) is 15.0 Å². The molecule has 0 saturated carbocycles. The highest BCUT2D eigenvalue weighted by molar-refractivity contribution is 6.32. The lowest BCUT2D eigenvalue weighted by Crippen LogP contribution is -2.26. The van der Waals surface area contributed by atoms with Crippen LogP contribution < -0.4 is 10.5 Å². The lowest BCUT2D eigenvalue weighted by Gasteiger charge is -2.26. The maximum absolute atomic E-state index is 11.6. The first kappa shape index (κ1) is 12.2. The van der Waals surface area contributed by atoms with Crippen LogP contribution in [0.15, 0.2) is 35.6 Å². The van der Waals surface area contributed by atoms with E-state index in [1.54, 1.807) is 6.20 Å². The van der Waals surface area contributed by atoms with E-state index in [0.29, 0.717) is 5.82 Å². The second kappa shape index (κ2) is 5.01. The number of hydrogen-bond donors (Lipinski definition) is 1. The van der Waals surface area contributed by atoms with Gasteiger partial charge in [0.05, 0.1) is 12.4 Å². The second-order valence-electron chi connectivity index (χ2n) is 4.51. The van der Waals surface area contributed by atoms with Crippen molar-refractivity contribution in [1.29, 1.82) is 0 Å². The highest BCUT2D eigenvalue weighted by atomic mass is 35.5. The molecule has 1 atom stereocenters. The lowest BCUT2D eigenvalue weighted by atomic mass is 10.1. The summed E-state index contributed by atoms with van der Waals surface area (Å²) in [7, 11) is 0. The maximum atomic E-state index is 11.6. The van der Waals surface area contributed by atoms with Gasteiger partial charge in [-0.2, -0.15) is 0 Å². The zero-order valence-corrected chi connectivity index (χ0v) is 11.0. The van der Waals surface area contributed by atoms with Crippen LogP contribution in [0.4, 0.5) is 5.82 Å². The fourth-order valence-electron chi connectivity index (χ4n) is 2.51. The SMILES string of the molecule is O=c1[nH]cnc(N2CCCC2c2cccnc2)c1Cl. The number of H-pyrrole nitrogens is 1. The van der Waals surface area contributed by atoms with Gasteiger partial charge in [-0.05, 0) is 24.5 Å². The molecule has 2 aromatic rings. The summed E-state index contributed by atoms with van der Waals surface area (Å²) in [4.78, 5) is 24.5. The molecule has 0 aromatic carbocycles. The minimum atomic E-state index is -0.302. The van der Waals surface area contributed by atoms with Crippen molar-refractivity contribution in [3.8, 4) is 0 Å². The maximum Gasteiger partial charge on any atom is 0.271 e. The molecular formula is C13H13ClN4O. The number of halogens is 1. The van der Waals surface area contributed by atoms with E-state index in [9.17, 15) is 4.79 Å². The van der Waals surface area contributed by atoms with Gasteiger partial charge in [-0.15, -0.1) is 0 Å². The molecule has 1 unspecified atom stereocenters. The van der Waals surface area contributed by atoms with Crippen LogP contribution in [0.1, 0.15) is 24.4 Å². The molecule has 0 radical (unpaired) electrons. The highest BCUT2D eigenvalue weighted by Gasteiger charge is 2.29. The van der Waals surface area contributed by atoms with E-state index in [2.05, 4.69) is 19.9 Å². The number of pyridine rings is 1. The number of aromatic amines is 1. The Hall–Kier alpha value is -1.88. The molecule has 0 spiro atoms. The predicted molar refractivity (Wildman–Crippen MR) is 73.4 cm³/mol.